The average molecular weight is 379 g/mol. The van der Waals surface area contributed by atoms with E-state index in [2.05, 4.69) is 44.9 Å². The lowest BCUT2D eigenvalue weighted by atomic mass is 10.2. The van der Waals surface area contributed by atoms with Gasteiger partial charge in [-0.1, -0.05) is 24.3 Å². The van der Waals surface area contributed by atoms with E-state index in [9.17, 15) is 0 Å². The lowest BCUT2D eigenvalue weighted by Crippen LogP contribution is -2.49. The normalized spacial score (nSPS) is 19.1. The van der Waals surface area contributed by atoms with Crippen LogP contribution in [0.25, 0.3) is 11.0 Å². The number of hydrogen-bond acceptors (Lipinski definition) is 6. The Bertz CT molecular complexity index is 750. The monoisotopic (exact) mass is 378 g/mol. The van der Waals surface area contributed by atoms with Crippen molar-refractivity contribution in [3.8, 4) is 0 Å². The molecule has 2 saturated heterocycles. The summed E-state index contributed by atoms with van der Waals surface area (Å²) >= 11 is 0. The van der Waals surface area contributed by atoms with Gasteiger partial charge in [0.15, 0.2) is 11.6 Å². The van der Waals surface area contributed by atoms with Crippen LogP contribution in [0.5, 0.6) is 0 Å². The van der Waals surface area contributed by atoms with Crippen LogP contribution in [-0.4, -0.2) is 85.2 Å². The van der Waals surface area contributed by atoms with Gasteiger partial charge in [0.2, 0.25) is 0 Å². The second-order valence-electron chi connectivity index (χ2n) is 7.51. The van der Waals surface area contributed by atoms with Gasteiger partial charge in [0.25, 0.3) is 0 Å². The van der Waals surface area contributed by atoms with Crippen molar-refractivity contribution in [3.63, 3.8) is 0 Å². The van der Waals surface area contributed by atoms with E-state index in [1.54, 1.807) is 0 Å². The van der Waals surface area contributed by atoms with Crippen LogP contribution in [0.15, 0.2) is 49.6 Å². The molecule has 1 aromatic heterocycles. The maximum atomic E-state index is 5.05. The van der Waals surface area contributed by atoms with Crippen molar-refractivity contribution < 1.29 is 0 Å². The quantitative estimate of drug-likeness (QED) is 0.718. The first-order valence-electron chi connectivity index (χ1n) is 10.2. The van der Waals surface area contributed by atoms with Gasteiger partial charge in [0.05, 0.1) is 11.0 Å². The number of benzene rings is 1. The Morgan fingerprint density at radius 2 is 1.07 bits per heavy atom. The molecule has 2 aromatic rings. The van der Waals surface area contributed by atoms with Crippen molar-refractivity contribution in [1.82, 2.24) is 19.8 Å². The van der Waals surface area contributed by atoms with E-state index in [0.717, 1.165) is 88.1 Å². The molecule has 0 aliphatic carbocycles. The summed E-state index contributed by atoms with van der Waals surface area (Å²) in [6.07, 6.45) is 3.97. The zero-order valence-electron chi connectivity index (χ0n) is 16.6. The van der Waals surface area contributed by atoms with Gasteiger partial charge in [-0.2, -0.15) is 0 Å². The third kappa shape index (κ3) is 4.03. The third-order valence-electron chi connectivity index (χ3n) is 5.65. The van der Waals surface area contributed by atoms with Gasteiger partial charge >= 0.3 is 0 Å². The first-order valence-corrected chi connectivity index (χ1v) is 10.2. The average Bonchev–Trinajstić information content (AvgIpc) is 2.74. The molecule has 0 N–H and O–H groups in total. The topological polar surface area (TPSA) is 38.7 Å². The van der Waals surface area contributed by atoms with Crippen LogP contribution in [0.3, 0.4) is 0 Å². The highest BCUT2D eigenvalue weighted by molar-refractivity contribution is 5.81. The number of nitrogens with zero attached hydrogens (tertiary/aromatic N) is 6. The molecule has 148 valence electrons. The molecule has 6 heteroatoms. The Morgan fingerprint density at radius 1 is 0.679 bits per heavy atom. The molecule has 2 aliphatic heterocycles. The van der Waals surface area contributed by atoms with Crippen LogP contribution in [-0.2, 0) is 0 Å². The van der Waals surface area contributed by atoms with Crippen LogP contribution in [0.2, 0.25) is 0 Å². The Kier molecular flexibility index (Phi) is 5.88. The SMILES string of the molecule is C=CCN1CCN(c2nc3ccccc3nc2N2CCN(CC=C)CC2)CC1. The predicted octanol–water partition coefficient (Wildman–Crippen LogP) is 2.25. The summed E-state index contributed by atoms with van der Waals surface area (Å²) in [7, 11) is 0. The standard InChI is InChI=1S/C22H30N6/c1-3-9-25-11-15-27(16-12-25)21-22(24-20-8-6-5-7-19(20)23-21)28-17-13-26(10-4-2)14-18-28/h3-8H,1-2,9-18H2. The third-order valence-corrected chi connectivity index (χ3v) is 5.65. The maximum absolute atomic E-state index is 5.05. The van der Waals surface area contributed by atoms with Gasteiger partial charge in [-0.3, -0.25) is 9.80 Å². The molecule has 2 fully saturated rings. The molecule has 0 radical (unpaired) electrons. The molecule has 0 spiro atoms. The van der Waals surface area contributed by atoms with E-state index in [4.69, 9.17) is 9.97 Å². The number of aromatic nitrogens is 2. The van der Waals surface area contributed by atoms with Crippen LogP contribution >= 0.6 is 0 Å². The minimum absolute atomic E-state index is 0.954. The summed E-state index contributed by atoms with van der Waals surface area (Å²) in [5.41, 5.74) is 1.94. The van der Waals surface area contributed by atoms with Gasteiger partial charge in [0.1, 0.15) is 0 Å². The lowest BCUT2D eigenvalue weighted by Gasteiger charge is -2.39. The fraction of sp³-hybridized carbons (Fsp3) is 0.455. The smallest absolute Gasteiger partial charge is 0.172 e. The van der Waals surface area contributed by atoms with E-state index in [1.807, 2.05) is 24.3 Å². The van der Waals surface area contributed by atoms with Gasteiger partial charge < -0.3 is 9.80 Å². The summed E-state index contributed by atoms with van der Waals surface area (Å²) in [6.45, 7) is 17.7. The zero-order valence-corrected chi connectivity index (χ0v) is 16.6. The molecule has 2 aliphatic rings. The van der Waals surface area contributed by atoms with Crippen molar-refractivity contribution in [2.24, 2.45) is 0 Å². The minimum Gasteiger partial charge on any atom is -0.351 e. The highest BCUT2D eigenvalue weighted by atomic mass is 15.3. The summed E-state index contributed by atoms with van der Waals surface area (Å²) in [5.74, 6) is 2.07. The molecular weight excluding hydrogens is 348 g/mol. The Balaban J connectivity index is 1.60. The van der Waals surface area contributed by atoms with Gasteiger partial charge in [-0.25, -0.2) is 9.97 Å². The van der Waals surface area contributed by atoms with Crippen molar-refractivity contribution in [1.29, 1.82) is 0 Å². The molecule has 0 amide bonds. The van der Waals surface area contributed by atoms with E-state index in [-0.39, 0.29) is 0 Å². The van der Waals surface area contributed by atoms with Crippen molar-refractivity contribution in [2.45, 2.75) is 0 Å². The molecule has 3 heterocycles. The van der Waals surface area contributed by atoms with E-state index < -0.39 is 0 Å². The first-order chi connectivity index (χ1) is 13.8. The fourth-order valence-electron chi connectivity index (χ4n) is 4.06. The Morgan fingerprint density at radius 3 is 1.43 bits per heavy atom. The van der Waals surface area contributed by atoms with Crippen LogP contribution in [0, 0.1) is 0 Å². The Labute approximate surface area is 167 Å². The largest absolute Gasteiger partial charge is 0.351 e. The number of fused-ring (bicyclic) bond motifs is 1. The maximum Gasteiger partial charge on any atom is 0.172 e. The van der Waals surface area contributed by atoms with E-state index in [1.165, 1.54) is 0 Å². The van der Waals surface area contributed by atoms with Gasteiger partial charge in [-0.15, -0.1) is 13.2 Å². The first kappa shape index (κ1) is 18.9. The fourth-order valence-corrected chi connectivity index (χ4v) is 4.06. The van der Waals surface area contributed by atoms with Gasteiger partial charge in [0, 0.05) is 65.4 Å². The predicted molar refractivity (Wildman–Crippen MR) is 117 cm³/mol. The molecule has 6 nitrogen and oxygen atoms in total. The van der Waals surface area contributed by atoms with Crippen LogP contribution in [0.4, 0.5) is 11.6 Å². The highest BCUT2D eigenvalue weighted by Crippen LogP contribution is 2.29. The van der Waals surface area contributed by atoms with Gasteiger partial charge in [-0.05, 0) is 12.1 Å². The molecule has 0 unspecified atom stereocenters. The van der Waals surface area contributed by atoms with Crippen molar-refractivity contribution in [2.75, 3.05) is 75.2 Å². The van der Waals surface area contributed by atoms with Crippen molar-refractivity contribution in [3.05, 3.63) is 49.6 Å². The van der Waals surface area contributed by atoms with Crippen LogP contribution in [0.1, 0.15) is 0 Å². The summed E-state index contributed by atoms with van der Waals surface area (Å²) in [5, 5.41) is 0. The summed E-state index contributed by atoms with van der Waals surface area (Å²) in [4.78, 5) is 19.8. The second-order valence-corrected chi connectivity index (χ2v) is 7.51. The highest BCUT2D eigenvalue weighted by Gasteiger charge is 2.26. The van der Waals surface area contributed by atoms with Crippen LogP contribution < -0.4 is 9.80 Å². The molecule has 0 bridgehead atoms. The molecule has 28 heavy (non-hydrogen) atoms. The second kappa shape index (κ2) is 8.71. The molecule has 1 aromatic carbocycles. The van der Waals surface area contributed by atoms with Crippen molar-refractivity contribution >= 4 is 22.7 Å². The number of rotatable bonds is 6. The zero-order chi connectivity index (χ0) is 19.3. The van der Waals surface area contributed by atoms with E-state index in [0.29, 0.717) is 0 Å². The Hall–Kier alpha value is -2.44. The summed E-state index contributed by atoms with van der Waals surface area (Å²) in [6, 6.07) is 8.20. The number of hydrogen-bond donors (Lipinski definition) is 0. The van der Waals surface area contributed by atoms with E-state index >= 15 is 0 Å². The molecule has 0 saturated carbocycles. The number of para-hydroxylation sites is 2. The number of anilines is 2. The molecule has 4 rings (SSSR count). The number of piperazine rings is 2. The minimum atomic E-state index is 0.954. The summed E-state index contributed by atoms with van der Waals surface area (Å²) < 4.78 is 0. The molecule has 0 atom stereocenters. The molecular formula is C22H30N6. The lowest BCUT2D eigenvalue weighted by molar-refractivity contribution is 0.280.